The van der Waals surface area contributed by atoms with Gasteiger partial charge in [-0.1, -0.05) is 11.6 Å². The highest BCUT2D eigenvalue weighted by Crippen LogP contribution is 2.29. The van der Waals surface area contributed by atoms with Crippen molar-refractivity contribution >= 4 is 17.4 Å². The summed E-state index contributed by atoms with van der Waals surface area (Å²) in [6.45, 7) is 5.42. The number of halogens is 1. The molecule has 0 fully saturated rings. The highest BCUT2D eigenvalue weighted by Gasteiger charge is 2.10. The maximum absolute atomic E-state index is 11.3. The molecule has 0 spiro atoms. The van der Waals surface area contributed by atoms with Gasteiger partial charge in [-0.25, -0.2) is 0 Å². The number of benzene rings is 1. The van der Waals surface area contributed by atoms with Crippen LogP contribution >= 0.6 is 11.6 Å². The molecule has 19 heavy (non-hydrogen) atoms. The zero-order valence-corrected chi connectivity index (χ0v) is 12.0. The molecule has 0 aliphatic rings. The number of hydrogen-bond acceptors (Lipinski definition) is 3. The van der Waals surface area contributed by atoms with E-state index in [1.807, 2.05) is 38.1 Å². The van der Waals surface area contributed by atoms with Gasteiger partial charge in [-0.15, -0.1) is 0 Å². The summed E-state index contributed by atoms with van der Waals surface area (Å²) in [4.78, 5) is 11.3. The second-order valence-electron chi connectivity index (χ2n) is 4.70. The van der Waals surface area contributed by atoms with Gasteiger partial charge in [0.15, 0.2) is 0 Å². The third-order valence-corrected chi connectivity index (χ3v) is 3.25. The number of rotatable bonds is 3. The summed E-state index contributed by atoms with van der Waals surface area (Å²) in [5.74, 6) is 0.131. The van der Waals surface area contributed by atoms with Crippen molar-refractivity contribution in [2.75, 3.05) is 0 Å². The highest BCUT2D eigenvalue weighted by atomic mass is 35.5. The van der Waals surface area contributed by atoms with Crippen LogP contribution in [-0.4, -0.2) is 16.0 Å². The molecular weight excluding hydrogens is 260 g/mol. The van der Waals surface area contributed by atoms with Crippen molar-refractivity contribution in [1.82, 2.24) is 10.2 Å². The Morgan fingerprint density at radius 1 is 1.21 bits per heavy atom. The summed E-state index contributed by atoms with van der Waals surface area (Å²) < 4.78 is 0. The number of carbonyl (C=O) groups excluding carboxylic acids is 1. The topological polar surface area (TPSA) is 42.9 Å². The third kappa shape index (κ3) is 3.18. The molecule has 1 aromatic heterocycles. The van der Waals surface area contributed by atoms with Crippen molar-refractivity contribution in [3.63, 3.8) is 0 Å². The van der Waals surface area contributed by atoms with Crippen molar-refractivity contribution in [2.24, 2.45) is 0 Å². The molecule has 1 heterocycles. The second-order valence-corrected chi connectivity index (χ2v) is 5.10. The Morgan fingerprint density at radius 2 is 1.95 bits per heavy atom. The summed E-state index contributed by atoms with van der Waals surface area (Å²) in [7, 11) is 0. The maximum atomic E-state index is 11.3. The first-order chi connectivity index (χ1) is 8.97. The van der Waals surface area contributed by atoms with Crippen molar-refractivity contribution in [2.45, 2.75) is 27.2 Å². The normalized spacial score (nSPS) is 10.5. The van der Waals surface area contributed by atoms with Gasteiger partial charge in [-0.2, -0.15) is 10.2 Å². The maximum Gasteiger partial charge on any atom is 0.134 e. The monoisotopic (exact) mass is 274 g/mol. The van der Waals surface area contributed by atoms with E-state index in [1.165, 1.54) is 0 Å². The number of aromatic nitrogens is 2. The number of ketones is 1. The van der Waals surface area contributed by atoms with E-state index in [0.717, 1.165) is 28.1 Å². The van der Waals surface area contributed by atoms with E-state index in [0.29, 0.717) is 11.4 Å². The van der Waals surface area contributed by atoms with Gasteiger partial charge in [0.2, 0.25) is 0 Å². The first kappa shape index (κ1) is 13.7. The summed E-state index contributed by atoms with van der Waals surface area (Å²) in [6, 6.07) is 7.58. The Bertz CT molecular complexity index is 621. The van der Waals surface area contributed by atoms with Gasteiger partial charge in [0.25, 0.3) is 0 Å². The molecule has 0 saturated carbocycles. The van der Waals surface area contributed by atoms with Crippen LogP contribution in [0.15, 0.2) is 24.3 Å². The lowest BCUT2D eigenvalue weighted by Gasteiger charge is -2.09. The largest absolute Gasteiger partial charge is 0.300 e. The fraction of sp³-hybridized carbons (Fsp3) is 0.267. The minimum atomic E-state index is 0.131. The average Bonchev–Trinajstić information content (AvgIpc) is 2.33. The van der Waals surface area contributed by atoms with E-state index in [-0.39, 0.29) is 5.78 Å². The summed E-state index contributed by atoms with van der Waals surface area (Å²) in [6.07, 6.45) is 0.412. The number of carbonyl (C=O) groups is 1. The summed E-state index contributed by atoms with van der Waals surface area (Å²) in [5.41, 5.74) is 4.39. The number of nitrogens with zero attached hydrogens (tertiary/aromatic N) is 2. The number of Topliss-reactive ketones (excluding diaryl/α,β-unsaturated/α-hetero) is 1. The van der Waals surface area contributed by atoms with Crippen molar-refractivity contribution in [1.29, 1.82) is 0 Å². The zero-order valence-electron chi connectivity index (χ0n) is 11.2. The van der Waals surface area contributed by atoms with Crippen LogP contribution in [0, 0.1) is 13.8 Å². The Kier molecular flexibility index (Phi) is 3.96. The van der Waals surface area contributed by atoms with Crippen LogP contribution in [0.25, 0.3) is 11.3 Å². The first-order valence-corrected chi connectivity index (χ1v) is 6.44. The molecule has 0 saturated heterocycles. The predicted octanol–water partition coefficient (Wildman–Crippen LogP) is 3.55. The van der Waals surface area contributed by atoms with Crippen molar-refractivity contribution < 1.29 is 4.79 Å². The fourth-order valence-electron chi connectivity index (χ4n) is 1.92. The Labute approximate surface area is 117 Å². The van der Waals surface area contributed by atoms with Crippen LogP contribution in [0.1, 0.15) is 23.7 Å². The minimum Gasteiger partial charge on any atom is -0.300 e. The van der Waals surface area contributed by atoms with E-state index in [2.05, 4.69) is 10.2 Å². The van der Waals surface area contributed by atoms with Gasteiger partial charge in [0.1, 0.15) is 5.78 Å². The smallest absolute Gasteiger partial charge is 0.134 e. The molecule has 0 radical (unpaired) electrons. The molecule has 1 aromatic carbocycles. The van der Waals surface area contributed by atoms with Crippen LogP contribution < -0.4 is 0 Å². The van der Waals surface area contributed by atoms with Gasteiger partial charge < -0.3 is 0 Å². The molecule has 0 amide bonds. The molecule has 98 valence electrons. The van der Waals surface area contributed by atoms with Crippen LogP contribution in [0.3, 0.4) is 0 Å². The molecule has 3 nitrogen and oxygen atoms in total. The number of hydrogen-bond donors (Lipinski definition) is 0. The van der Waals surface area contributed by atoms with E-state index in [9.17, 15) is 4.79 Å². The van der Waals surface area contributed by atoms with Crippen molar-refractivity contribution in [3.8, 4) is 11.3 Å². The van der Waals surface area contributed by atoms with Gasteiger partial charge in [-0.05, 0) is 56.2 Å². The third-order valence-electron chi connectivity index (χ3n) is 2.94. The molecule has 2 aromatic rings. The standard InChI is InChI=1S/C15H15ClN2O/c1-9-6-14(16)13(8-12(9)7-11(3)19)15-5-4-10(2)17-18-15/h4-6,8H,7H2,1-3H3. The average molecular weight is 275 g/mol. The molecule has 0 unspecified atom stereocenters. The van der Waals surface area contributed by atoms with Gasteiger partial charge in [0, 0.05) is 12.0 Å². The first-order valence-electron chi connectivity index (χ1n) is 6.06. The second kappa shape index (κ2) is 5.49. The Hall–Kier alpha value is -1.74. The van der Waals surface area contributed by atoms with Crippen molar-refractivity contribution in [3.05, 3.63) is 46.1 Å². The molecular formula is C15H15ClN2O. The molecule has 0 bridgehead atoms. The molecule has 0 aliphatic heterocycles. The van der Waals surface area contributed by atoms with E-state index in [1.54, 1.807) is 6.92 Å². The molecule has 4 heteroatoms. The van der Waals surface area contributed by atoms with Crippen LogP contribution in [0.5, 0.6) is 0 Å². The lowest BCUT2D eigenvalue weighted by Crippen LogP contribution is -2.00. The molecule has 0 atom stereocenters. The quantitative estimate of drug-likeness (QED) is 0.860. The van der Waals surface area contributed by atoms with Gasteiger partial charge in [0.05, 0.1) is 16.4 Å². The van der Waals surface area contributed by atoms with E-state index < -0.39 is 0 Å². The van der Waals surface area contributed by atoms with Crippen LogP contribution in [-0.2, 0) is 11.2 Å². The molecule has 0 N–H and O–H groups in total. The SMILES string of the molecule is CC(=O)Cc1cc(-c2ccc(C)nn2)c(Cl)cc1C. The van der Waals surface area contributed by atoms with Crippen LogP contribution in [0.2, 0.25) is 5.02 Å². The predicted molar refractivity (Wildman–Crippen MR) is 76.3 cm³/mol. The van der Waals surface area contributed by atoms with Gasteiger partial charge in [-0.3, -0.25) is 4.79 Å². The lowest BCUT2D eigenvalue weighted by molar-refractivity contribution is -0.116. The van der Waals surface area contributed by atoms with E-state index in [4.69, 9.17) is 11.6 Å². The van der Waals surface area contributed by atoms with E-state index >= 15 is 0 Å². The Morgan fingerprint density at radius 3 is 2.53 bits per heavy atom. The highest BCUT2D eigenvalue weighted by molar-refractivity contribution is 6.33. The Balaban J connectivity index is 2.50. The molecule has 2 rings (SSSR count). The zero-order chi connectivity index (χ0) is 14.0. The lowest BCUT2D eigenvalue weighted by atomic mass is 9.99. The van der Waals surface area contributed by atoms with Crippen LogP contribution in [0.4, 0.5) is 0 Å². The molecule has 0 aliphatic carbocycles. The number of aryl methyl sites for hydroxylation is 2. The minimum absolute atomic E-state index is 0.131. The summed E-state index contributed by atoms with van der Waals surface area (Å²) in [5, 5.41) is 8.80. The summed E-state index contributed by atoms with van der Waals surface area (Å²) >= 11 is 6.26. The fourth-order valence-corrected chi connectivity index (χ4v) is 2.23. The van der Waals surface area contributed by atoms with Gasteiger partial charge >= 0.3 is 0 Å².